The van der Waals surface area contributed by atoms with Crippen molar-refractivity contribution in [2.75, 3.05) is 13.1 Å². The summed E-state index contributed by atoms with van der Waals surface area (Å²) in [6.07, 6.45) is 5.24. The van der Waals surface area contributed by atoms with Crippen LogP contribution in [0.5, 0.6) is 0 Å². The average molecular weight is 566 g/mol. The van der Waals surface area contributed by atoms with E-state index in [0.717, 1.165) is 65.1 Å². The Hall–Kier alpha value is -4.20. The van der Waals surface area contributed by atoms with Gasteiger partial charge in [-0.05, 0) is 55.5 Å². The van der Waals surface area contributed by atoms with Gasteiger partial charge in [-0.3, -0.25) is 9.36 Å². The molecule has 7 nitrogen and oxygen atoms in total. The predicted octanol–water partition coefficient (Wildman–Crippen LogP) is 5.73. The Labute approximate surface area is 245 Å². The van der Waals surface area contributed by atoms with Crippen molar-refractivity contribution in [1.29, 1.82) is 0 Å². The largest absolute Gasteiger partial charge is 0.476 e. The molecule has 5 aromatic rings. The Balaban J connectivity index is 0.00000302. The van der Waals surface area contributed by atoms with Crippen molar-refractivity contribution in [2.45, 2.75) is 37.3 Å². The number of carboxylic acid groups (broad SMARTS) is 1. The molecule has 41 heavy (non-hydrogen) atoms. The summed E-state index contributed by atoms with van der Waals surface area (Å²) in [5.41, 5.74) is 6.45. The van der Waals surface area contributed by atoms with Crippen molar-refractivity contribution in [3.05, 3.63) is 131 Å². The fourth-order valence-electron chi connectivity index (χ4n) is 6.62. The second kappa shape index (κ2) is 11.0. The molecule has 208 valence electrons. The highest BCUT2D eigenvalue weighted by molar-refractivity contribution is 5.90. The summed E-state index contributed by atoms with van der Waals surface area (Å²) in [7, 11) is 0. The number of aromatic nitrogens is 4. The van der Waals surface area contributed by atoms with Gasteiger partial charge in [0.1, 0.15) is 5.54 Å². The first-order chi connectivity index (χ1) is 19.7. The number of aryl methyl sites for hydroxylation is 1. The number of carboxylic acids is 1. The molecule has 2 N–H and O–H groups in total. The molecule has 1 aliphatic heterocycles. The number of nitrogens with one attached hydrogen (secondary N) is 1. The predicted molar refractivity (Wildman–Crippen MR) is 161 cm³/mol. The molecule has 0 saturated carbocycles. The summed E-state index contributed by atoms with van der Waals surface area (Å²) in [4.78, 5) is 12.3. The first-order valence-corrected chi connectivity index (χ1v) is 14.0. The first kappa shape index (κ1) is 27.0. The number of fused-ring (bicyclic) bond motifs is 3. The van der Waals surface area contributed by atoms with E-state index in [1.54, 1.807) is 0 Å². The lowest BCUT2D eigenvalue weighted by atomic mass is 9.77. The van der Waals surface area contributed by atoms with Crippen LogP contribution in [-0.4, -0.2) is 43.7 Å². The third-order valence-corrected chi connectivity index (χ3v) is 8.44. The topological polar surface area (TPSA) is 85.0 Å². The minimum atomic E-state index is -0.966. The van der Waals surface area contributed by atoms with E-state index in [1.165, 1.54) is 0 Å². The van der Waals surface area contributed by atoms with Gasteiger partial charge in [-0.15, -0.1) is 12.4 Å². The van der Waals surface area contributed by atoms with E-state index in [4.69, 9.17) is 10.2 Å². The van der Waals surface area contributed by atoms with Crippen LogP contribution in [-0.2, 0) is 18.4 Å². The van der Waals surface area contributed by atoms with Crippen LogP contribution in [0.1, 0.15) is 57.3 Å². The molecule has 3 heterocycles. The van der Waals surface area contributed by atoms with E-state index in [1.807, 2.05) is 22.9 Å². The van der Waals surface area contributed by atoms with Crippen LogP contribution in [0.2, 0.25) is 0 Å². The summed E-state index contributed by atoms with van der Waals surface area (Å²) in [5.74, 6) is -0.966. The SMILES string of the molecule is Cl.O=C(O)c1nn(C2CCNCC2)c2c1CCc1nn(C(c3ccccc3)(c3ccccc3)c3ccccc3)cc1-2. The van der Waals surface area contributed by atoms with E-state index in [2.05, 4.69) is 89.0 Å². The van der Waals surface area contributed by atoms with Gasteiger partial charge in [0.05, 0.1) is 17.4 Å². The Morgan fingerprint density at radius 1 is 0.805 bits per heavy atom. The van der Waals surface area contributed by atoms with Crippen LogP contribution in [0.3, 0.4) is 0 Å². The molecular formula is C33H32ClN5O2. The van der Waals surface area contributed by atoms with Gasteiger partial charge in [0.2, 0.25) is 0 Å². The number of aromatic carboxylic acids is 1. The smallest absolute Gasteiger partial charge is 0.356 e. The van der Waals surface area contributed by atoms with Gasteiger partial charge >= 0.3 is 5.97 Å². The minimum absolute atomic E-state index is 0. The van der Waals surface area contributed by atoms with Crippen molar-refractivity contribution < 1.29 is 9.90 Å². The van der Waals surface area contributed by atoms with Crippen LogP contribution < -0.4 is 5.32 Å². The van der Waals surface area contributed by atoms with E-state index < -0.39 is 11.5 Å². The molecule has 0 bridgehead atoms. The average Bonchev–Trinajstić information content (AvgIpc) is 3.62. The van der Waals surface area contributed by atoms with Crippen LogP contribution >= 0.6 is 12.4 Å². The van der Waals surface area contributed by atoms with Gasteiger partial charge < -0.3 is 10.4 Å². The molecule has 0 amide bonds. The molecule has 0 spiro atoms. The maximum absolute atomic E-state index is 12.3. The third-order valence-electron chi connectivity index (χ3n) is 8.44. The number of benzene rings is 3. The van der Waals surface area contributed by atoms with Gasteiger partial charge in [0.25, 0.3) is 0 Å². The summed E-state index contributed by atoms with van der Waals surface area (Å²) in [5, 5.41) is 23.5. The van der Waals surface area contributed by atoms with Crippen molar-refractivity contribution in [1.82, 2.24) is 24.9 Å². The quantitative estimate of drug-likeness (QED) is 0.257. The zero-order valence-electron chi connectivity index (χ0n) is 22.6. The second-order valence-corrected chi connectivity index (χ2v) is 10.6. The van der Waals surface area contributed by atoms with Gasteiger partial charge in [-0.25, -0.2) is 4.79 Å². The Bertz CT molecular complexity index is 1560. The third kappa shape index (κ3) is 4.36. The monoisotopic (exact) mass is 565 g/mol. The van der Waals surface area contributed by atoms with Gasteiger partial charge in [-0.2, -0.15) is 10.2 Å². The minimum Gasteiger partial charge on any atom is -0.476 e. The highest BCUT2D eigenvalue weighted by Gasteiger charge is 2.41. The molecule has 3 aromatic carbocycles. The normalized spacial score (nSPS) is 15.0. The molecule has 0 unspecified atom stereocenters. The van der Waals surface area contributed by atoms with Crippen molar-refractivity contribution in [3.8, 4) is 11.3 Å². The summed E-state index contributed by atoms with van der Waals surface area (Å²) in [6, 6.07) is 31.7. The molecule has 2 aliphatic rings. The van der Waals surface area contributed by atoms with E-state index >= 15 is 0 Å². The van der Waals surface area contributed by atoms with Crippen LogP contribution in [0.4, 0.5) is 0 Å². The van der Waals surface area contributed by atoms with Gasteiger partial charge in [-0.1, -0.05) is 91.0 Å². The molecule has 0 radical (unpaired) electrons. The van der Waals surface area contributed by atoms with Crippen LogP contribution in [0, 0.1) is 0 Å². The zero-order valence-corrected chi connectivity index (χ0v) is 23.4. The number of piperidine rings is 1. The molecule has 0 atom stereocenters. The van der Waals surface area contributed by atoms with Gasteiger partial charge in [0.15, 0.2) is 5.69 Å². The lowest BCUT2D eigenvalue weighted by molar-refractivity contribution is 0.0687. The number of nitrogens with zero attached hydrogens (tertiary/aromatic N) is 4. The summed E-state index contributed by atoms with van der Waals surface area (Å²) in [6.45, 7) is 1.79. The highest BCUT2D eigenvalue weighted by Crippen LogP contribution is 2.44. The van der Waals surface area contributed by atoms with Crippen molar-refractivity contribution >= 4 is 18.4 Å². The number of hydrogen-bond acceptors (Lipinski definition) is 4. The van der Waals surface area contributed by atoms with Crippen molar-refractivity contribution in [3.63, 3.8) is 0 Å². The molecule has 1 saturated heterocycles. The van der Waals surface area contributed by atoms with E-state index in [0.29, 0.717) is 12.8 Å². The molecule has 1 fully saturated rings. The molecule has 7 rings (SSSR count). The molecule has 1 aliphatic carbocycles. The van der Waals surface area contributed by atoms with E-state index in [-0.39, 0.29) is 24.1 Å². The Morgan fingerprint density at radius 3 is 1.85 bits per heavy atom. The fraction of sp³-hybridized carbons (Fsp3) is 0.242. The zero-order chi connectivity index (χ0) is 27.1. The molecular weight excluding hydrogens is 534 g/mol. The first-order valence-electron chi connectivity index (χ1n) is 14.0. The molecule has 2 aromatic heterocycles. The lowest BCUT2D eigenvalue weighted by Crippen LogP contribution is -2.38. The summed E-state index contributed by atoms with van der Waals surface area (Å²) >= 11 is 0. The Morgan fingerprint density at radius 2 is 1.34 bits per heavy atom. The fourth-order valence-corrected chi connectivity index (χ4v) is 6.62. The van der Waals surface area contributed by atoms with E-state index in [9.17, 15) is 9.90 Å². The van der Waals surface area contributed by atoms with Crippen molar-refractivity contribution in [2.24, 2.45) is 0 Å². The molecule has 8 heteroatoms. The number of carbonyl (C=O) groups is 1. The number of rotatable bonds is 6. The lowest BCUT2D eigenvalue weighted by Gasteiger charge is -2.36. The Kier molecular flexibility index (Phi) is 7.24. The second-order valence-electron chi connectivity index (χ2n) is 10.6. The highest BCUT2D eigenvalue weighted by atomic mass is 35.5. The standard InChI is InChI=1S/C33H31N5O2.ClH/c39-32(40)30-27-16-17-29-28(31(27)38(36-30)26-18-20-34-21-19-26)22-37(35-29)33(23-10-4-1-5-11-23,24-12-6-2-7-13-24)25-14-8-3-9-15-25;/h1-15,22,26,34H,16-21H2,(H,39,40);1H. The number of halogens is 1. The summed E-state index contributed by atoms with van der Waals surface area (Å²) < 4.78 is 4.10. The number of hydrogen-bond donors (Lipinski definition) is 2. The van der Waals surface area contributed by atoms with Crippen LogP contribution in [0.15, 0.2) is 97.2 Å². The maximum atomic E-state index is 12.3. The van der Waals surface area contributed by atoms with Crippen LogP contribution in [0.25, 0.3) is 11.3 Å². The maximum Gasteiger partial charge on any atom is 0.356 e. The van der Waals surface area contributed by atoms with Gasteiger partial charge in [0, 0.05) is 17.3 Å².